The number of halogens is 1. The molecule has 0 saturated carbocycles. The average molecular weight is 415 g/mol. The first kappa shape index (κ1) is 16.3. The van der Waals surface area contributed by atoms with Crippen LogP contribution in [0.3, 0.4) is 0 Å². The van der Waals surface area contributed by atoms with Crippen molar-refractivity contribution in [2.24, 2.45) is 0 Å². The molecule has 126 valence electrons. The van der Waals surface area contributed by atoms with E-state index in [1.165, 1.54) is 11.3 Å². The monoisotopic (exact) mass is 414 g/mol. The lowest BCUT2D eigenvalue weighted by Crippen LogP contribution is -2.22. The molecule has 2 aromatic carbocycles. The lowest BCUT2D eigenvalue weighted by atomic mass is 10.1. The van der Waals surface area contributed by atoms with Gasteiger partial charge < -0.3 is 4.74 Å². The molecule has 0 spiro atoms. The molecule has 6 heteroatoms. The van der Waals surface area contributed by atoms with Crippen LogP contribution in [-0.4, -0.2) is 16.5 Å². The van der Waals surface area contributed by atoms with Gasteiger partial charge in [-0.05, 0) is 70.7 Å². The molecule has 0 aliphatic carbocycles. The van der Waals surface area contributed by atoms with Crippen molar-refractivity contribution in [1.29, 1.82) is 0 Å². The summed E-state index contributed by atoms with van der Waals surface area (Å²) in [6, 6.07) is 9.68. The first-order valence-electron chi connectivity index (χ1n) is 7.76. The number of imidazole rings is 1. The Kier molecular flexibility index (Phi) is 3.89. The molecule has 0 aliphatic heterocycles. The zero-order chi connectivity index (χ0) is 17.7. The highest BCUT2D eigenvalue weighted by Crippen LogP contribution is 2.30. The number of benzene rings is 2. The molecule has 2 heterocycles. The number of aromatic nitrogens is 2. The molecule has 25 heavy (non-hydrogen) atoms. The van der Waals surface area contributed by atoms with E-state index in [2.05, 4.69) is 20.9 Å². The fourth-order valence-electron chi connectivity index (χ4n) is 2.86. The van der Waals surface area contributed by atoms with E-state index in [4.69, 9.17) is 4.74 Å². The van der Waals surface area contributed by atoms with Crippen molar-refractivity contribution in [2.45, 2.75) is 13.8 Å². The predicted octanol–water partition coefficient (Wildman–Crippen LogP) is 3.84. The number of aryl methyl sites for hydroxylation is 1. The minimum Gasteiger partial charge on any atom is -0.497 e. The van der Waals surface area contributed by atoms with Gasteiger partial charge in [0.25, 0.3) is 5.56 Å². The smallest absolute Gasteiger partial charge is 0.274 e. The molecule has 0 N–H and O–H groups in total. The van der Waals surface area contributed by atoms with Crippen LogP contribution >= 0.6 is 27.3 Å². The van der Waals surface area contributed by atoms with Gasteiger partial charge in [-0.15, -0.1) is 0 Å². The van der Waals surface area contributed by atoms with Gasteiger partial charge in [-0.25, -0.2) is 9.38 Å². The summed E-state index contributed by atoms with van der Waals surface area (Å²) in [4.78, 5) is 18.3. The molecule has 4 nitrogen and oxygen atoms in total. The van der Waals surface area contributed by atoms with E-state index in [0.717, 1.165) is 37.9 Å². The van der Waals surface area contributed by atoms with Crippen molar-refractivity contribution < 1.29 is 4.74 Å². The lowest BCUT2D eigenvalue weighted by molar-refractivity contribution is 0.414. The van der Waals surface area contributed by atoms with E-state index in [-0.39, 0.29) is 5.56 Å². The zero-order valence-corrected chi connectivity index (χ0v) is 16.4. The lowest BCUT2D eigenvalue weighted by Gasteiger charge is -2.03. The maximum Gasteiger partial charge on any atom is 0.274 e. The van der Waals surface area contributed by atoms with Crippen molar-refractivity contribution in [3.63, 3.8) is 0 Å². The third-order valence-corrected chi connectivity index (χ3v) is 6.31. The van der Waals surface area contributed by atoms with Crippen LogP contribution < -0.4 is 14.8 Å². The van der Waals surface area contributed by atoms with Gasteiger partial charge in [0.05, 0.1) is 17.2 Å². The van der Waals surface area contributed by atoms with Gasteiger partial charge in [-0.3, -0.25) is 4.79 Å². The SMILES string of the molecule is COc1cccc(C=c2sc3nc4c(Br)c(C)c(C)cc4n3c2=O)c1. The molecule has 0 aliphatic rings. The summed E-state index contributed by atoms with van der Waals surface area (Å²) in [6.07, 6.45) is 1.88. The van der Waals surface area contributed by atoms with Gasteiger partial charge in [0, 0.05) is 4.47 Å². The van der Waals surface area contributed by atoms with E-state index in [1.807, 2.05) is 50.3 Å². The highest BCUT2D eigenvalue weighted by atomic mass is 79.9. The van der Waals surface area contributed by atoms with Crippen LogP contribution in [0, 0.1) is 13.8 Å². The largest absolute Gasteiger partial charge is 0.497 e. The van der Waals surface area contributed by atoms with Crippen LogP contribution in [-0.2, 0) is 0 Å². The quantitative estimate of drug-likeness (QED) is 0.500. The number of nitrogens with zero attached hydrogens (tertiary/aromatic N) is 2. The molecule has 0 bridgehead atoms. The van der Waals surface area contributed by atoms with Crippen LogP contribution in [0.25, 0.3) is 22.1 Å². The van der Waals surface area contributed by atoms with Crippen molar-refractivity contribution in [2.75, 3.05) is 7.11 Å². The second-order valence-corrected chi connectivity index (χ2v) is 7.72. The van der Waals surface area contributed by atoms with Crippen LogP contribution in [0.5, 0.6) is 5.75 Å². The van der Waals surface area contributed by atoms with Crippen molar-refractivity contribution in [3.8, 4) is 5.75 Å². The van der Waals surface area contributed by atoms with Gasteiger partial charge >= 0.3 is 0 Å². The van der Waals surface area contributed by atoms with Gasteiger partial charge in [0.15, 0.2) is 4.96 Å². The number of hydrogen-bond donors (Lipinski definition) is 0. The van der Waals surface area contributed by atoms with Gasteiger partial charge in [0.1, 0.15) is 11.3 Å². The molecule has 0 fully saturated rings. The molecular weight excluding hydrogens is 400 g/mol. The molecule has 4 rings (SSSR count). The number of fused-ring (bicyclic) bond motifs is 3. The standard InChI is InChI=1S/C19H15BrN2O2S/c1-10-7-14-17(16(20)11(10)2)21-19-22(14)18(23)15(25-19)9-12-5-4-6-13(8-12)24-3/h4-9H,1-3H3. The van der Waals surface area contributed by atoms with Crippen molar-refractivity contribution in [3.05, 3.63) is 66.4 Å². The Morgan fingerprint density at radius 2 is 2.08 bits per heavy atom. The summed E-state index contributed by atoms with van der Waals surface area (Å²) in [5.74, 6) is 0.767. The van der Waals surface area contributed by atoms with Gasteiger partial charge in [-0.2, -0.15) is 0 Å². The summed E-state index contributed by atoms with van der Waals surface area (Å²) in [5, 5.41) is 0. The van der Waals surface area contributed by atoms with Crippen LogP contribution in [0.1, 0.15) is 16.7 Å². The third kappa shape index (κ3) is 2.56. The van der Waals surface area contributed by atoms with E-state index >= 15 is 0 Å². The molecule has 2 aromatic heterocycles. The van der Waals surface area contributed by atoms with E-state index in [9.17, 15) is 4.79 Å². The number of hydrogen-bond acceptors (Lipinski definition) is 4. The Balaban J connectivity index is 2.00. The Morgan fingerprint density at radius 3 is 2.84 bits per heavy atom. The minimum atomic E-state index is -0.0412. The van der Waals surface area contributed by atoms with Crippen molar-refractivity contribution in [1.82, 2.24) is 9.38 Å². The Hall–Kier alpha value is -2.18. The highest BCUT2D eigenvalue weighted by molar-refractivity contribution is 9.10. The second-order valence-electron chi connectivity index (χ2n) is 5.92. The third-order valence-electron chi connectivity index (χ3n) is 4.37. The summed E-state index contributed by atoms with van der Waals surface area (Å²) < 4.78 is 8.56. The predicted molar refractivity (Wildman–Crippen MR) is 106 cm³/mol. The number of methoxy groups -OCH3 is 1. The highest BCUT2D eigenvalue weighted by Gasteiger charge is 2.15. The maximum absolute atomic E-state index is 12.9. The zero-order valence-electron chi connectivity index (χ0n) is 14.0. The minimum absolute atomic E-state index is 0.0412. The van der Waals surface area contributed by atoms with Crippen LogP contribution in [0.4, 0.5) is 0 Å². The second kappa shape index (κ2) is 5.97. The summed E-state index contributed by atoms with van der Waals surface area (Å²) >= 11 is 5.01. The summed E-state index contributed by atoms with van der Waals surface area (Å²) in [7, 11) is 1.63. The first-order valence-corrected chi connectivity index (χ1v) is 9.37. The summed E-state index contributed by atoms with van der Waals surface area (Å²) in [5.41, 5.74) is 4.84. The molecular formula is C19H15BrN2O2S. The van der Waals surface area contributed by atoms with Crippen LogP contribution in [0.2, 0.25) is 0 Å². The fraction of sp³-hybridized carbons (Fsp3) is 0.158. The van der Waals surface area contributed by atoms with Gasteiger partial charge in [-0.1, -0.05) is 23.5 Å². The molecule has 4 aromatic rings. The molecule has 0 unspecified atom stereocenters. The first-order chi connectivity index (χ1) is 12.0. The molecule has 0 saturated heterocycles. The Bertz CT molecular complexity index is 1240. The Labute approximate surface area is 156 Å². The normalized spacial score (nSPS) is 12.4. The van der Waals surface area contributed by atoms with E-state index in [0.29, 0.717) is 9.49 Å². The topological polar surface area (TPSA) is 43.6 Å². The molecule has 0 radical (unpaired) electrons. The van der Waals surface area contributed by atoms with E-state index < -0.39 is 0 Å². The van der Waals surface area contributed by atoms with Gasteiger partial charge in [0.2, 0.25) is 0 Å². The molecule has 0 atom stereocenters. The Morgan fingerprint density at radius 1 is 1.28 bits per heavy atom. The average Bonchev–Trinajstić information content (AvgIpc) is 3.11. The fourth-order valence-corrected chi connectivity index (χ4v) is 4.45. The number of thiazole rings is 1. The van der Waals surface area contributed by atoms with Crippen LogP contribution in [0.15, 0.2) is 39.6 Å². The summed E-state index contributed by atoms with van der Waals surface area (Å²) in [6.45, 7) is 4.09. The van der Waals surface area contributed by atoms with Crippen molar-refractivity contribution >= 4 is 49.3 Å². The van der Waals surface area contributed by atoms with E-state index in [1.54, 1.807) is 11.5 Å². The molecule has 0 amide bonds. The number of ether oxygens (including phenoxy) is 1. The number of rotatable bonds is 2. The maximum atomic E-state index is 12.9.